The van der Waals surface area contributed by atoms with Crippen molar-refractivity contribution >= 4 is 17.3 Å². The van der Waals surface area contributed by atoms with Gasteiger partial charge < -0.3 is 4.74 Å². The van der Waals surface area contributed by atoms with Gasteiger partial charge in [0, 0.05) is 17.0 Å². The number of rotatable bonds is 6. The smallest absolute Gasteiger partial charge is 0.283 e. The van der Waals surface area contributed by atoms with Crippen LogP contribution < -0.4 is 0 Å². The van der Waals surface area contributed by atoms with Crippen LogP contribution >= 0.6 is 0 Å². The first-order valence-corrected chi connectivity index (χ1v) is 13.3. The Morgan fingerprint density at radius 1 is 1.08 bits per heavy atom. The molecule has 8 heteroatoms. The monoisotopic (exact) mass is 505 g/mol. The van der Waals surface area contributed by atoms with E-state index in [9.17, 15) is 20.2 Å². The fourth-order valence-corrected chi connectivity index (χ4v) is 7.50. The van der Waals surface area contributed by atoms with E-state index in [1.54, 1.807) is 19.9 Å². The number of aliphatic imine (C=N–C) groups is 1. The van der Waals surface area contributed by atoms with Crippen molar-refractivity contribution in [2.75, 3.05) is 6.61 Å². The molecule has 0 unspecified atom stereocenters. The second kappa shape index (κ2) is 9.23. The summed E-state index contributed by atoms with van der Waals surface area (Å²) in [5.74, 6) is 0.589. The van der Waals surface area contributed by atoms with E-state index in [4.69, 9.17) is 9.73 Å². The highest BCUT2D eigenvalue weighted by Crippen LogP contribution is 2.60. The summed E-state index contributed by atoms with van der Waals surface area (Å²) in [4.78, 5) is 28.6. The van der Waals surface area contributed by atoms with Crippen molar-refractivity contribution in [3.8, 4) is 0 Å². The summed E-state index contributed by atoms with van der Waals surface area (Å²) >= 11 is 0. The Balaban J connectivity index is 1.57. The van der Waals surface area contributed by atoms with Gasteiger partial charge in [-0.2, -0.15) is 0 Å². The minimum atomic E-state index is -0.448. The van der Waals surface area contributed by atoms with Crippen molar-refractivity contribution in [2.24, 2.45) is 16.3 Å². The first kappa shape index (κ1) is 25.4. The number of ether oxygens (including phenoxy) is 1. The lowest BCUT2D eigenvalue weighted by atomic mass is 9.49. The number of nitro benzene ring substituents is 2. The van der Waals surface area contributed by atoms with Gasteiger partial charge in [-0.25, -0.2) is 4.99 Å². The van der Waals surface area contributed by atoms with E-state index in [-0.39, 0.29) is 40.2 Å². The number of hydrogen-bond donors (Lipinski definition) is 0. The highest BCUT2D eigenvalue weighted by molar-refractivity contribution is 5.85. The number of benzene rings is 2. The molecule has 0 amide bonds. The predicted molar refractivity (Wildman–Crippen MR) is 142 cm³/mol. The molecular formula is C29H35N3O5. The van der Waals surface area contributed by atoms with Gasteiger partial charge in [-0.05, 0) is 60.5 Å². The number of nitrogens with zero attached hydrogens (tertiary/aromatic N) is 3. The zero-order chi connectivity index (χ0) is 26.5. The molecule has 1 heterocycles. The van der Waals surface area contributed by atoms with E-state index in [1.807, 2.05) is 18.2 Å². The molecule has 5 rings (SSSR count). The number of hydrogen-bond acceptors (Lipinski definition) is 6. The van der Waals surface area contributed by atoms with Crippen LogP contribution in [-0.2, 0) is 23.0 Å². The van der Waals surface area contributed by atoms with Crippen LogP contribution in [0.3, 0.4) is 0 Å². The molecular weight excluding hydrogens is 470 g/mol. The van der Waals surface area contributed by atoms with Crippen LogP contribution in [0.25, 0.3) is 0 Å². The van der Waals surface area contributed by atoms with E-state index in [0.29, 0.717) is 18.6 Å². The second-order valence-electron chi connectivity index (χ2n) is 11.7. The molecule has 0 radical (unpaired) electrons. The van der Waals surface area contributed by atoms with Gasteiger partial charge in [-0.1, -0.05) is 64.4 Å². The van der Waals surface area contributed by atoms with Crippen molar-refractivity contribution in [1.82, 2.24) is 0 Å². The normalized spacial score (nSPS) is 28.7. The van der Waals surface area contributed by atoms with Crippen molar-refractivity contribution in [3.05, 3.63) is 78.9 Å². The third-order valence-corrected chi connectivity index (χ3v) is 9.12. The van der Waals surface area contributed by atoms with Crippen LogP contribution in [0.5, 0.6) is 0 Å². The third kappa shape index (κ3) is 4.10. The maximum absolute atomic E-state index is 12.3. The number of fused-ring (bicyclic) bond motifs is 3. The van der Waals surface area contributed by atoms with Crippen molar-refractivity contribution < 1.29 is 14.6 Å². The Kier molecular flexibility index (Phi) is 6.32. The molecule has 1 aliphatic heterocycles. The summed E-state index contributed by atoms with van der Waals surface area (Å²) in [5.41, 5.74) is 1.98. The van der Waals surface area contributed by atoms with Gasteiger partial charge in [0.05, 0.1) is 15.9 Å². The van der Waals surface area contributed by atoms with Gasteiger partial charge >= 0.3 is 0 Å². The molecule has 1 fully saturated rings. The van der Waals surface area contributed by atoms with E-state index in [0.717, 1.165) is 43.6 Å². The van der Waals surface area contributed by atoms with E-state index in [2.05, 4.69) is 26.0 Å². The van der Waals surface area contributed by atoms with Crippen LogP contribution in [0, 0.1) is 31.6 Å². The Labute approximate surface area is 217 Å². The quantitative estimate of drug-likeness (QED) is 0.321. The van der Waals surface area contributed by atoms with E-state index >= 15 is 0 Å². The first-order valence-electron chi connectivity index (χ1n) is 13.3. The lowest BCUT2D eigenvalue weighted by Gasteiger charge is -2.54. The minimum absolute atomic E-state index is 0.0523. The van der Waals surface area contributed by atoms with Gasteiger partial charge in [0.2, 0.25) is 0 Å². The molecule has 0 bridgehead atoms. The third-order valence-electron chi connectivity index (χ3n) is 9.12. The van der Waals surface area contributed by atoms with Crippen LogP contribution in [0.15, 0.2) is 41.4 Å². The molecule has 196 valence electrons. The Morgan fingerprint density at radius 3 is 2.43 bits per heavy atom. The predicted octanol–water partition coefficient (Wildman–Crippen LogP) is 6.68. The molecule has 37 heavy (non-hydrogen) atoms. The second-order valence-corrected chi connectivity index (χ2v) is 11.7. The molecule has 0 spiro atoms. The molecule has 2 aromatic carbocycles. The van der Waals surface area contributed by atoms with Gasteiger partial charge in [0.25, 0.3) is 11.4 Å². The molecule has 2 aliphatic carbocycles. The van der Waals surface area contributed by atoms with Crippen LogP contribution in [0.4, 0.5) is 11.4 Å². The zero-order valence-electron chi connectivity index (χ0n) is 22.0. The standard InChI is InChI=1S/C29H35N3O5/c1-18(2)25-23(31(33)34)16-22-21(26(25)32(35)36)11-12-24-28(22,3)13-8-14-29(24,4)27-30-20(17-37-27)15-19-9-6-5-7-10-19/h5-7,9-10,16,18,20,24H,8,11-15,17H2,1-4H3/t20-,24+,28+,29+/m0/s1. The summed E-state index contributed by atoms with van der Waals surface area (Å²) in [7, 11) is 0. The molecule has 2 aromatic rings. The SMILES string of the molecule is CC(C)c1c([N+](=O)[O-])cc2c(c1[N+](=O)[O-])CC[C@H]1[C@](C)(C3=N[C@@H](Cc4ccccc4)CO3)CCC[C@]21C. The zero-order valence-corrected chi connectivity index (χ0v) is 22.0. The Hall–Kier alpha value is -3.29. The molecule has 0 saturated heterocycles. The largest absolute Gasteiger partial charge is 0.478 e. The van der Waals surface area contributed by atoms with Crippen molar-refractivity contribution in [3.63, 3.8) is 0 Å². The topological polar surface area (TPSA) is 108 Å². The lowest BCUT2D eigenvalue weighted by Crippen LogP contribution is -2.52. The van der Waals surface area contributed by atoms with Crippen LogP contribution in [0.2, 0.25) is 0 Å². The summed E-state index contributed by atoms with van der Waals surface area (Å²) in [6.07, 6.45) is 4.77. The van der Waals surface area contributed by atoms with Gasteiger partial charge in [0.15, 0.2) is 5.90 Å². The molecule has 4 atom stereocenters. The summed E-state index contributed by atoms with van der Waals surface area (Å²) in [5, 5.41) is 24.4. The maximum atomic E-state index is 12.3. The van der Waals surface area contributed by atoms with E-state index in [1.165, 1.54) is 5.56 Å². The van der Waals surface area contributed by atoms with E-state index < -0.39 is 15.3 Å². The maximum Gasteiger partial charge on any atom is 0.283 e. The van der Waals surface area contributed by atoms with Crippen LogP contribution in [-0.4, -0.2) is 28.4 Å². The highest BCUT2D eigenvalue weighted by atomic mass is 16.6. The summed E-state index contributed by atoms with van der Waals surface area (Å²) < 4.78 is 6.27. The Morgan fingerprint density at radius 2 is 1.78 bits per heavy atom. The average Bonchev–Trinajstić information content (AvgIpc) is 3.32. The van der Waals surface area contributed by atoms with Crippen molar-refractivity contribution in [1.29, 1.82) is 0 Å². The molecule has 1 saturated carbocycles. The van der Waals surface area contributed by atoms with Gasteiger partial charge in [0.1, 0.15) is 12.2 Å². The average molecular weight is 506 g/mol. The Bertz CT molecular complexity index is 1270. The lowest BCUT2D eigenvalue weighted by molar-refractivity contribution is -0.396. The molecule has 0 aromatic heterocycles. The minimum Gasteiger partial charge on any atom is -0.478 e. The first-order chi connectivity index (χ1) is 17.6. The number of nitro groups is 2. The fourth-order valence-electron chi connectivity index (χ4n) is 7.50. The van der Waals surface area contributed by atoms with Gasteiger partial charge in [-0.3, -0.25) is 20.2 Å². The van der Waals surface area contributed by atoms with Crippen molar-refractivity contribution in [2.45, 2.75) is 83.6 Å². The van der Waals surface area contributed by atoms with Crippen LogP contribution in [0.1, 0.15) is 81.5 Å². The molecule has 3 aliphatic rings. The molecule has 8 nitrogen and oxygen atoms in total. The van der Waals surface area contributed by atoms with Gasteiger partial charge in [-0.15, -0.1) is 0 Å². The highest BCUT2D eigenvalue weighted by Gasteiger charge is 2.57. The summed E-state index contributed by atoms with van der Waals surface area (Å²) in [6.45, 7) is 8.48. The molecule has 0 N–H and O–H groups in total. The summed E-state index contributed by atoms with van der Waals surface area (Å²) in [6, 6.07) is 12.0. The fraction of sp³-hybridized carbons (Fsp3) is 0.552.